The summed E-state index contributed by atoms with van der Waals surface area (Å²) < 4.78 is 11.8. The molecule has 202 valence electrons. The van der Waals surface area contributed by atoms with E-state index in [0.717, 1.165) is 61.2 Å². The first kappa shape index (κ1) is 26.1. The second-order valence-electron chi connectivity index (χ2n) is 10.3. The lowest BCUT2D eigenvalue weighted by Gasteiger charge is -2.18. The van der Waals surface area contributed by atoms with Gasteiger partial charge < -0.3 is 14.5 Å². The molecule has 4 heteroatoms. The van der Waals surface area contributed by atoms with E-state index in [1.807, 2.05) is 61.5 Å². The molecule has 41 heavy (non-hydrogen) atoms. The summed E-state index contributed by atoms with van der Waals surface area (Å²) in [6, 6.07) is 37.3. The summed E-state index contributed by atoms with van der Waals surface area (Å²) in [5.74, 6) is 1.22. The van der Waals surface area contributed by atoms with Crippen molar-refractivity contribution in [3.05, 3.63) is 131 Å². The Bertz CT molecular complexity index is 1880. The number of aromatic nitrogens is 1. The molecule has 0 saturated heterocycles. The van der Waals surface area contributed by atoms with Gasteiger partial charge in [0.2, 0.25) is 0 Å². The van der Waals surface area contributed by atoms with Crippen molar-refractivity contribution in [2.75, 3.05) is 14.2 Å². The van der Waals surface area contributed by atoms with Crippen LogP contribution in [0.15, 0.2) is 114 Å². The lowest BCUT2D eigenvalue weighted by Crippen LogP contribution is -2.08. The number of fused-ring (bicyclic) bond motifs is 1. The average molecular weight is 538 g/mol. The van der Waals surface area contributed by atoms with Crippen molar-refractivity contribution >= 4 is 10.8 Å². The summed E-state index contributed by atoms with van der Waals surface area (Å²) in [6.45, 7) is 4.09. The summed E-state index contributed by atoms with van der Waals surface area (Å²) in [5.41, 5.74) is 9.97. The van der Waals surface area contributed by atoms with Gasteiger partial charge in [-0.1, -0.05) is 66.7 Å². The Balaban J connectivity index is 1.60. The Kier molecular flexibility index (Phi) is 6.90. The van der Waals surface area contributed by atoms with Crippen LogP contribution >= 0.6 is 0 Å². The third-order valence-corrected chi connectivity index (χ3v) is 7.71. The minimum Gasteiger partial charge on any atom is -0.493 e. The molecule has 0 fully saturated rings. The number of pyridine rings is 1. The molecule has 4 nitrogen and oxygen atoms in total. The molecule has 0 aliphatic rings. The van der Waals surface area contributed by atoms with Crippen molar-refractivity contribution in [1.82, 2.24) is 4.98 Å². The predicted octanol–water partition coefficient (Wildman–Crippen LogP) is 8.83. The largest absolute Gasteiger partial charge is 0.493 e. The number of nitrogens with one attached hydrogen (secondary N) is 1. The normalized spacial score (nSPS) is 11.0. The van der Waals surface area contributed by atoms with E-state index >= 15 is 0 Å². The van der Waals surface area contributed by atoms with E-state index in [1.54, 1.807) is 14.2 Å². The van der Waals surface area contributed by atoms with E-state index in [2.05, 4.69) is 66.5 Å². The van der Waals surface area contributed by atoms with Crippen LogP contribution in [0.3, 0.4) is 0 Å². The smallest absolute Gasteiger partial charge is 0.256 e. The van der Waals surface area contributed by atoms with Crippen molar-refractivity contribution in [3.8, 4) is 56.1 Å². The minimum absolute atomic E-state index is 0.116. The van der Waals surface area contributed by atoms with Crippen LogP contribution in [-0.2, 0) is 0 Å². The lowest BCUT2D eigenvalue weighted by atomic mass is 9.91. The molecule has 1 aromatic heterocycles. The summed E-state index contributed by atoms with van der Waals surface area (Å²) in [4.78, 5) is 16.3. The van der Waals surface area contributed by atoms with Gasteiger partial charge in [-0.15, -0.1) is 0 Å². The molecule has 0 unspecified atom stereocenters. The molecule has 0 aliphatic carbocycles. The van der Waals surface area contributed by atoms with Crippen molar-refractivity contribution in [2.24, 2.45) is 0 Å². The first-order valence-corrected chi connectivity index (χ1v) is 13.6. The standard InChI is InChI=1S/C37H31NO3/c1-23-15-29-21-34(38-37(39)33(29)16-24(23)2)31-20-32(36(41-4)35(22-31)40-3)30-18-27(25-11-7-5-8-12-25)17-28(19-30)26-13-9-6-10-14-26/h5-22H,1-4H3,(H,38,39). The van der Waals surface area contributed by atoms with Crippen molar-refractivity contribution < 1.29 is 9.47 Å². The van der Waals surface area contributed by atoms with Gasteiger partial charge in [0.15, 0.2) is 11.5 Å². The molecule has 0 radical (unpaired) electrons. The molecule has 1 N–H and O–H groups in total. The van der Waals surface area contributed by atoms with Gasteiger partial charge >= 0.3 is 0 Å². The van der Waals surface area contributed by atoms with Crippen LogP contribution in [-0.4, -0.2) is 19.2 Å². The van der Waals surface area contributed by atoms with Crippen LogP contribution in [0.1, 0.15) is 11.1 Å². The molecular weight excluding hydrogens is 506 g/mol. The Labute approximate surface area is 239 Å². The molecule has 0 spiro atoms. The van der Waals surface area contributed by atoms with Gasteiger partial charge in [-0.25, -0.2) is 0 Å². The van der Waals surface area contributed by atoms with Gasteiger partial charge in [0, 0.05) is 22.2 Å². The van der Waals surface area contributed by atoms with Gasteiger partial charge in [0.25, 0.3) is 5.56 Å². The molecule has 0 amide bonds. The number of hydrogen-bond acceptors (Lipinski definition) is 3. The van der Waals surface area contributed by atoms with Crippen LogP contribution in [0.5, 0.6) is 11.5 Å². The average Bonchev–Trinajstić information content (AvgIpc) is 3.01. The van der Waals surface area contributed by atoms with Crippen LogP contribution in [0, 0.1) is 13.8 Å². The van der Waals surface area contributed by atoms with Gasteiger partial charge in [0.05, 0.1) is 14.2 Å². The Hall–Kier alpha value is -5.09. The van der Waals surface area contributed by atoms with E-state index in [-0.39, 0.29) is 5.56 Å². The number of aryl methyl sites for hydroxylation is 2. The second kappa shape index (κ2) is 10.8. The Morgan fingerprint density at radius 1 is 0.561 bits per heavy atom. The number of hydrogen-bond donors (Lipinski definition) is 1. The zero-order valence-electron chi connectivity index (χ0n) is 23.6. The first-order valence-electron chi connectivity index (χ1n) is 13.6. The number of ether oxygens (including phenoxy) is 2. The van der Waals surface area contributed by atoms with Crippen molar-refractivity contribution in [1.29, 1.82) is 0 Å². The van der Waals surface area contributed by atoms with Gasteiger partial charge in [-0.3, -0.25) is 4.79 Å². The van der Waals surface area contributed by atoms with Gasteiger partial charge in [-0.2, -0.15) is 0 Å². The summed E-state index contributed by atoms with van der Waals surface area (Å²) in [7, 11) is 3.29. The highest BCUT2D eigenvalue weighted by molar-refractivity contribution is 5.90. The zero-order chi connectivity index (χ0) is 28.5. The van der Waals surface area contributed by atoms with E-state index < -0.39 is 0 Å². The number of H-pyrrole nitrogens is 1. The maximum Gasteiger partial charge on any atom is 0.256 e. The minimum atomic E-state index is -0.116. The van der Waals surface area contributed by atoms with E-state index in [4.69, 9.17) is 9.47 Å². The van der Waals surface area contributed by atoms with Crippen LogP contribution in [0.4, 0.5) is 0 Å². The maximum atomic E-state index is 13.2. The number of methoxy groups -OCH3 is 2. The molecule has 6 rings (SSSR count). The molecular formula is C37H31NO3. The quantitative estimate of drug-likeness (QED) is 0.231. The fourth-order valence-corrected chi connectivity index (χ4v) is 5.40. The highest BCUT2D eigenvalue weighted by Crippen LogP contribution is 2.44. The molecule has 0 bridgehead atoms. The highest BCUT2D eigenvalue weighted by atomic mass is 16.5. The van der Waals surface area contributed by atoms with Crippen molar-refractivity contribution in [3.63, 3.8) is 0 Å². The van der Waals surface area contributed by atoms with Crippen LogP contribution in [0.2, 0.25) is 0 Å². The topological polar surface area (TPSA) is 51.3 Å². The number of aromatic amines is 1. The van der Waals surface area contributed by atoms with Gasteiger partial charge in [-0.05, 0) is 101 Å². The highest BCUT2D eigenvalue weighted by Gasteiger charge is 2.18. The molecule has 6 aromatic rings. The van der Waals surface area contributed by atoms with E-state index in [9.17, 15) is 4.79 Å². The third kappa shape index (κ3) is 5.01. The molecule has 0 aliphatic heterocycles. The Morgan fingerprint density at radius 3 is 1.73 bits per heavy atom. The molecule has 0 atom stereocenters. The summed E-state index contributed by atoms with van der Waals surface area (Å²) >= 11 is 0. The van der Waals surface area contributed by atoms with E-state index in [1.165, 1.54) is 0 Å². The van der Waals surface area contributed by atoms with Crippen LogP contribution < -0.4 is 15.0 Å². The molecule has 0 saturated carbocycles. The molecule has 1 heterocycles. The maximum absolute atomic E-state index is 13.2. The predicted molar refractivity (Wildman–Crippen MR) is 169 cm³/mol. The van der Waals surface area contributed by atoms with Crippen LogP contribution in [0.25, 0.3) is 55.4 Å². The number of benzene rings is 5. The van der Waals surface area contributed by atoms with E-state index in [0.29, 0.717) is 16.9 Å². The summed E-state index contributed by atoms with van der Waals surface area (Å²) in [6.07, 6.45) is 0. The summed E-state index contributed by atoms with van der Waals surface area (Å²) in [5, 5.41) is 1.58. The third-order valence-electron chi connectivity index (χ3n) is 7.71. The zero-order valence-corrected chi connectivity index (χ0v) is 23.6. The second-order valence-corrected chi connectivity index (χ2v) is 10.3. The fraction of sp³-hybridized carbons (Fsp3) is 0.108. The SMILES string of the molecule is COc1cc(-c2cc3cc(C)c(C)cc3c(=O)[nH]2)cc(-c2cc(-c3ccccc3)cc(-c3ccccc3)c2)c1OC. The van der Waals surface area contributed by atoms with Crippen molar-refractivity contribution in [2.45, 2.75) is 13.8 Å². The van der Waals surface area contributed by atoms with Gasteiger partial charge in [0.1, 0.15) is 0 Å². The first-order chi connectivity index (χ1) is 19.9. The fourth-order valence-electron chi connectivity index (χ4n) is 5.40. The number of rotatable bonds is 6. The monoisotopic (exact) mass is 537 g/mol. The molecule has 5 aromatic carbocycles. The Morgan fingerprint density at radius 2 is 1.15 bits per heavy atom. The lowest BCUT2D eigenvalue weighted by molar-refractivity contribution is 0.356.